The molecule has 9 heteroatoms. The van der Waals surface area contributed by atoms with Gasteiger partial charge in [0.1, 0.15) is 11.6 Å². The summed E-state index contributed by atoms with van der Waals surface area (Å²) in [7, 11) is 0. The first kappa shape index (κ1) is 21.5. The Labute approximate surface area is 185 Å². The molecule has 0 saturated heterocycles. The molecule has 4 rings (SSSR count). The number of pyridine rings is 2. The number of halogens is 1. The molecule has 1 saturated carbocycles. The van der Waals surface area contributed by atoms with Gasteiger partial charge in [-0.15, -0.1) is 0 Å². The second kappa shape index (κ2) is 9.61. The van der Waals surface area contributed by atoms with E-state index in [1.54, 1.807) is 18.3 Å². The number of aromatic nitrogens is 2. The Morgan fingerprint density at radius 3 is 2.47 bits per heavy atom. The SMILES string of the molecule is NC(=O)c1cc(F)c(N[C@@H]2CCCCC2N)nc1Nc1ccc(Nc2ccccc2)nc1. The predicted molar refractivity (Wildman–Crippen MR) is 124 cm³/mol. The van der Waals surface area contributed by atoms with E-state index in [2.05, 4.69) is 25.9 Å². The molecule has 3 aromatic rings. The Bertz CT molecular complexity index is 1080. The van der Waals surface area contributed by atoms with E-state index in [1.807, 2.05) is 30.3 Å². The molecule has 0 spiro atoms. The van der Waals surface area contributed by atoms with Gasteiger partial charge in [-0.3, -0.25) is 4.79 Å². The monoisotopic (exact) mass is 435 g/mol. The minimum Gasteiger partial charge on any atom is -0.365 e. The van der Waals surface area contributed by atoms with Gasteiger partial charge < -0.3 is 27.4 Å². The molecule has 2 heterocycles. The maximum Gasteiger partial charge on any atom is 0.252 e. The van der Waals surface area contributed by atoms with Crippen molar-refractivity contribution < 1.29 is 9.18 Å². The topological polar surface area (TPSA) is 131 Å². The minimum absolute atomic E-state index is 0.0372. The van der Waals surface area contributed by atoms with Gasteiger partial charge in [0.2, 0.25) is 0 Å². The summed E-state index contributed by atoms with van der Waals surface area (Å²) >= 11 is 0. The van der Waals surface area contributed by atoms with Gasteiger partial charge in [0.25, 0.3) is 5.91 Å². The van der Waals surface area contributed by atoms with Crippen molar-refractivity contribution in [1.29, 1.82) is 0 Å². The first-order valence-corrected chi connectivity index (χ1v) is 10.6. The standard InChI is InChI=1S/C23H26FN7O/c24-17-12-16(21(26)32)22(31-23(17)30-19-9-5-4-8-18(19)25)29-15-10-11-20(27-13-15)28-14-6-2-1-3-7-14/h1-3,6-7,10-13,18-19H,4-5,8-9,25H2,(H2,26,32)(H,27,28)(H2,29,30,31)/t18?,19-/m1/s1. The number of rotatable bonds is 7. The predicted octanol–water partition coefficient (Wildman–Crippen LogP) is 3.88. The molecular weight excluding hydrogens is 409 g/mol. The number of hydrogen-bond acceptors (Lipinski definition) is 7. The molecular formula is C23H26FN7O. The lowest BCUT2D eigenvalue weighted by Crippen LogP contribution is -2.43. The van der Waals surface area contributed by atoms with E-state index in [0.29, 0.717) is 11.5 Å². The Kier molecular flexibility index (Phi) is 6.46. The van der Waals surface area contributed by atoms with Crippen molar-refractivity contribution in [3.8, 4) is 0 Å². The highest BCUT2D eigenvalue weighted by Gasteiger charge is 2.24. The zero-order valence-electron chi connectivity index (χ0n) is 17.5. The van der Waals surface area contributed by atoms with Crippen LogP contribution in [0.2, 0.25) is 0 Å². The number of nitrogens with zero attached hydrogens (tertiary/aromatic N) is 2. The summed E-state index contributed by atoms with van der Waals surface area (Å²) < 4.78 is 14.6. The number of amides is 1. The number of nitrogens with one attached hydrogen (secondary N) is 3. The van der Waals surface area contributed by atoms with Crippen molar-refractivity contribution in [2.45, 2.75) is 37.8 Å². The van der Waals surface area contributed by atoms with Crippen LogP contribution in [0.15, 0.2) is 54.7 Å². The van der Waals surface area contributed by atoms with Gasteiger partial charge >= 0.3 is 0 Å². The second-order valence-electron chi connectivity index (χ2n) is 7.83. The van der Waals surface area contributed by atoms with Crippen LogP contribution in [0.1, 0.15) is 36.0 Å². The van der Waals surface area contributed by atoms with Gasteiger partial charge in [-0.25, -0.2) is 14.4 Å². The van der Waals surface area contributed by atoms with Crippen molar-refractivity contribution in [3.63, 3.8) is 0 Å². The molecule has 8 nitrogen and oxygen atoms in total. The first-order chi connectivity index (χ1) is 15.5. The molecule has 0 bridgehead atoms. The molecule has 166 valence electrons. The van der Waals surface area contributed by atoms with Crippen LogP contribution in [-0.2, 0) is 0 Å². The fourth-order valence-corrected chi connectivity index (χ4v) is 3.74. The summed E-state index contributed by atoms with van der Waals surface area (Å²) in [4.78, 5) is 20.6. The van der Waals surface area contributed by atoms with Crippen LogP contribution in [0.5, 0.6) is 0 Å². The molecule has 1 amide bonds. The lowest BCUT2D eigenvalue weighted by atomic mass is 9.91. The van der Waals surface area contributed by atoms with E-state index < -0.39 is 11.7 Å². The summed E-state index contributed by atoms with van der Waals surface area (Å²) in [5, 5.41) is 9.31. The molecule has 1 aliphatic rings. The smallest absolute Gasteiger partial charge is 0.252 e. The number of hydrogen-bond donors (Lipinski definition) is 5. The quantitative estimate of drug-likeness (QED) is 0.380. The molecule has 2 atom stereocenters. The van der Waals surface area contributed by atoms with E-state index in [0.717, 1.165) is 37.4 Å². The molecule has 2 aromatic heterocycles. The number of para-hydroxylation sites is 1. The fourth-order valence-electron chi connectivity index (χ4n) is 3.74. The highest BCUT2D eigenvalue weighted by molar-refractivity contribution is 5.98. The van der Waals surface area contributed by atoms with Gasteiger partial charge in [-0.1, -0.05) is 31.0 Å². The number of nitrogens with two attached hydrogens (primary N) is 2. The Balaban J connectivity index is 1.54. The molecule has 1 aliphatic carbocycles. The van der Waals surface area contributed by atoms with Crippen molar-refractivity contribution in [3.05, 3.63) is 66.1 Å². The fraction of sp³-hybridized carbons (Fsp3) is 0.261. The number of primary amides is 1. The second-order valence-corrected chi connectivity index (χ2v) is 7.83. The van der Waals surface area contributed by atoms with Crippen LogP contribution in [0.3, 0.4) is 0 Å². The highest BCUT2D eigenvalue weighted by atomic mass is 19.1. The lowest BCUT2D eigenvalue weighted by molar-refractivity contribution is 0.100. The van der Waals surface area contributed by atoms with Gasteiger partial charge in [0.15, 0.2) is 11.6 Å². The van der Waals surface area contributed by atoms with E-state index >= 15 is 0 Å². The normalized spacial score (nSPS) is 18.1. The average molecular weight is 436 g/mol. The van der Waals surface area contributed by atoms with E-state index in [1.165, 1.54) is 0 Å². The maximum atomic E-state index is 14.6. The third kappa shape index (κ3) is 5.12. The highest BCUT2D eigenvalue weighted by Crippen LogP contribution is 2.27. The van der Waals surface area contributed by atoms with Gasteiger partial charge in [0, 0.05) is 17.8 Å². The van der Waals surface area contributed by atoms with Crippen molar-refractivity contribution in [2.75, 3.05) is 16.0 Å². The molecule has 32 heavy (non-hydrogen) atoms. The summed E-state index contributed by atoms with van der Waals surface area (Å²) in [5.74, 6) is -0.595. The summed E-state index contributed by atoms with van der Waals surface area (Å²) in [6.07, 6.45) is 5.38. The van der Waals surface area contributed by atoms with E-state index in [-0.39, 0.29) is 29.3 Å². The van der Waals surface area contributed by atoms with Crippen molar-refractivity contribution >= 4 is 34.7 Å². The van der Waals surface area contributed by atoms with Crippen LogP contribution in [-0.4, -0.2) is 28.0 Å². The zero-order valence-corrected chi connectivity index (χ0v) is 17.5. The van der Waals surface area contributed by atoms with Crippen LogP contribution in [0, 0.1) is 5.82 Å². The Morgan fingerprint density at radius 1 is 1.00 bits per heavy atom. The van der Waals surface area contributed by atoms with Gasteiger partial charge in [-0.05, 0) is 43.2 Å². The molecule has 7 N–H and O–H groups in total. The minimum atomic E-state index is -0.782. The third-order valence-electron chi connectivity index (χ3n) is 5.46. The van der Waals surface area contributed by atoms with E-state index in [4.69, 9.17) is 11.5 Å². The Hall–Kier alpha value is -3.72. The maximum absolute atomic E-state index is 14.6. The largest absolute Gasteiger partial charge is 0.365 e. The van der Waals surface area contributed by atoms with Crippen molar-refractivity contribution in [2.24, 2.45) is 11.5 Å². The third-order valence-corrected chi connectivity index (χ3v) is 5.46. The van der Waals surface area contributed by atoms with Gasteiger partial charge in [-0.2, -0.15) is 0 Å². The number of anilines is 5. The average Bonchev–Trinajstić information content (AvgIpc) is 2.79. The van der Waals surface area contributed by atoms with Gasteiger partial charge in [0.05, 0.1) is 17.4 Å². The van der Waals surface area contributed by atoms with Crippen LogP contribution in [0.4, 0.5) is 33.2 Å². The first-order valence-electron chi connectivity index (χ1n) is 10.6. The molecule has 1 aromatic carbocycles. The number of benzene rings is 1. The summed E-state index contributed by atoms with van der Waals surface area (Å²) in [6.45, 7) is 0. The van der Waals surface area contributed by atoms with E-state index in [9.17, 15) is 9.18 Å². The molecule has 1 fully saturated rings. The molecule has 1 unspecified atom stereocenters. The Morgan fingerprint density at radius 2 is 1.78 bits per heavy atom. The van der Waals surface area contributed by atoms with Crippen LogP contribution in [0.25, 0.3) is 0 Å². The molecule has 0 aliphatic heterocycles. The number of carbonyl (C=O) groups excluding carboxylic acids is 1. The molecule has 0 radical (unpaired) electrons. The van der Waals surface area contributed by atoms with Crippen LogP contribution < -0.4 is 27.4 Å². The summed E-state index contributed by atoms with van der Waals surface area (Å²) in [6, 6.07) is 14.1. The number of carbonyl (C=O) groups is 1. The summed E-state index contributed by atoms with van der Waals surface area (Å²) in [5.41, 5.74) is 13.1. The van der Waals surface area contributed by atoms with Crippen LogP contribution >= 0.6 is 0 Å². The van der Waals surface area contributed by atoms with Crippen molar-refractivity contribution in [1.82, 2.24) is 9.97 Å². The zero-order chi connectivity index (χ0) is 22.5. The lowest BCUT2D eigenvalue weighted by Gasteiger charge is -2.30.